The van der Waals surface area contributed by atoms with Crippen LogP contribution < -0.4 is 5.32 Å². The Bertz CT molecular complexity index is 530. The van der Waals surface area contributed by atoms with Crippen LogP contribution in [0, 0.1) is 13.8 Å². The van der Waals surface area contributed by atoms with E-state index in [1.165, 1.54) is 6.07 Å². The summed E-state index contributed by atoms with van der Waals surface area (Å²) in [6.45, 7) is 4.82. The fourth-order valence-electron chi connectivity index (χ4n) is 1.80. The third kappa shape index (κ3) is 2.46. The minimum Gasteiger partial charge on any atom is -0.504 e. The molecule has 0 spiro atoms. The van der Waals surface area contributed by atoms with Crippen molar-refractivity contribution >= 4 is 0 Å². The molecule has 0 bridgehead atoms. The highest BCUT2D eigenvalue weighted by Crippen LogP contribution is 2.28. The Morgan fingerprint density at radius 3 is 2.67 bits per heavy atom. The molecule has 0 saturated carbocycles. The first-order chi connectivity index (χ1) is 8.59. The first-order valence-electron chi connectivity index (χ1n) is 5.72. The predicted octanol–water partition coefficient (Wildman–Crippen LogP) is 1.99. The van der Waals surface area contributed by atoms with Crippen molar-refractivity contribution in [3.05, 3.63) is 40.8 Å². The summed E-state index contributed by atoms with van der Waals surface area (Å²) in [6.07, 6.45) is 0. The molecular weight excluding hydrogens is 232 g/mol. The summed E-state index contributed by atoms with van der Waals surface area (Å²) in [5, 5.41) is 26.1. The predicted molar refractivity (Wildman–Crippen MR) is 66.3 cm³/mol. The lowest BCUT2D eigenvalue weighted by Gasteiger charge is -2.07. The van der Waals surface area contributed by atoms with E-state index in [0.717, 1.165) is 17.0 Å². The number of hydrogen-bond acceptors (Lipinski definition) is 5. The zero-order valence-corrected chi connectivity index (χ0v) is 10.4. The zero-order valence-electron chi connectivity index (χ0n) is 10.4. The topological polar surface area (TPSA) is 78.5 Å². The molecule has 0 amide bonds. The molecule has 0 saturated heterocycles. The van der Waals surface area contributed by atoms with E-state index in [1.807, 2.05) is 13.8 Å². The molecule has 96 valence electrons. The van der Waals surface area contributed by atoms with Crippen LogP contribution in [-0.2, 0) is 13.1 Å². The minimum absolute atomic E-state index is 0.0798. The molecular formula is C13H16N2O3. The first-order valence-corrected chi connectivity index (χ1v) is 5.72. The molecule has 0 radical (unpaired) electrons. The second-order valence-electron chi connectivity index (χ2n) is 4.19. The lowest BCUT2D eigenvalue weighted by molar-refractivity contribution is 0.391. The van der Waals surface area contributed by atoms with Gasteiger partial charge in [0, 0.05) is 24.2 Å². The fourth-order valence-corrected chi connectivity index (χ4v) is 1.80. The van der Waals surface area contributed by atoms with Gasteiger partial charge in [-0.3, -0.25) is 0 Å². The molecule has 0 aliphatic rings. The largest absolute Gasteiger partial charge is 0.504 e. The van der Waals surface area contributed by atoms with Gasteiger partial charge in [0.2, 0.25) is 0 Å². The van der Waals surface area contributed by atoms with Crippen LogP contribution in [0.3, 0.4) is 0 Å². The average molecular weight is 248 g/mol. The van der Waals surface area contributed by atoms with E-state index in [0.29, 0.717) is 18.7 Å². The van der Waals surface area contributed by atoms with Crippen LogP contribution in [0.1, 0.15) is 22.6 Å². The Hall–Kier alpha value is -2.01. The maximum absolute atomic E-state index is 9.64. The van der Waals surface area contributed by atoms with Gasteiger partial charge in [0.1, 0.15) is 5.76 Å². The number of para-hydroxylation sites is 1. The van der Waals surface area contributed by atoms with Crippen molar-refractivity contribution in [1.29, 1.82) is 0 Å². The number of phenols is 2. The van der Waals surface area contributed by atoms with E-state index < -0.39 is 0 Å². The Balaban J connectivity index is 1.99. The summed E-state index contributed by atoms with van der Waals surface area (Å²) in [7, 11) is 0. The van der Waals surface area contributed by atoms with E-state index in [-0.39, 0.29) is 11.5 Å². The van der Waals surface area contributed by atoms with Crippen LogP contribution in [0.4, 0.5) is 0 Å². The molecule has 1 heterocycles. The molecule has 1 aromatic carbocycles. The van der Waals surface area contributed by atoms with Gasteiger partial charge in [-0.15, -0.1) is 0 Å². The zero-order chi connectivity index (χ0) is 13.1. The summed E-state index contributed by atoms with van der Waals surface area (Å²) in [5.41, 5.74) is 2.54. The standard InChI is InChI=1S/C13H16N2O3/c1-8-11(9(2)18-15-8)7-14-6-10-4-3-5-12(16)13(10)17/h3-5,14,16-17H,6-7H2,1-2H3. The second kappa shape index (κ2) is 5.10. The van der Waals surface area contributed by atoms with Gasteiger partial charge >= 0.3 is 0 Å². The number of nitrogens with zero attached hydrogens (tertiary/aromatic N) is 1. The van der Waals surface area contributed by atoms with Crippen molar-refractivity contribution in [1.82, 2.24) is 10.5 Å². The van der Waals surface area contributed by atoms with Gasteiger partial charge in [0.15, 0.2) is 11.5 Å². The molecule has 2 aromatic rings. The highest BCUT2D eigenvalue weighted by atomic mass is 16.5. The molecule has 0 atom stereocenters. The SMILES string of the molecule is Cc1noc(C)c1CNCc1cccc(O)c1O. The third-order valence-corrected chi connectivity index (χ3v) is 2.90. The van der Waals surface area contributed by atoms with Crippen molar-refractivity contribution in [2.24, 2.45) is 0 Å². The van der Waals surface area contributed by atoms with Gasteiger partial charge in [-0.2, -0.15) is 0 Å². The van der Waals surface area contributed by atoms with Crippen molar-refractivity contribution in [2.45, 2.75) is 26.9 Å². The van der Waals surface area contributed by atoms with Crippen LogP contribution in [0.15, 0.2) is 22.7 Å². The van der Waals surface area contributed by atoms with E-state index in [1.54, 1.807) is 12.1 Å². The summed E-state index contributed by atoms with van der Waals surface area (Å²) < 4.78 is 5.06. The van der Waals surface area contributed by atoms with Crippen molar-refractivity contribution in [2.75, 3.05) is 0 Å². The Kier molecular flexibility index (Phi) is 3.53. The smallest absolute Gasteiger partial charge is 0.161 e. The molecule has 1 aromatic heterocycles. The summed E-state index contributed by atoms with van der Waals surface area (Å²) in [4.78, 5) is 0. The molecule has 5 heteroatoms. The average Bonchev–Trinajstić information content (AvgIpc) is 2.66. The number of aromatic hydroxyl groups is 2. The first kappa shape index (κ1) is 12.4. The number of hydrogen-bond donors (Lipinski definition) is 3. The Morgan fingerprint density at radius 2 is 2.00 bits per heavy atom. The second-order valence-corrected chi connectivity index (χ2v) is 4.19. The summed E-state index contributed by atoms with van der Waals surface area (Å²) >= 11 is 0. The van der Waals surface area contributed by atoms with E-state index in [9.17, 15) is 10.2 Å². The van der Waals surface area contributed by atoms with Crippen LogP contribution in [0.5, 0.6) is 11.5 Å². The molecule has 0 unspecified atom stereocenters. The van der Waals surface area contributed by atoms with Crippen LogP contribution >= 0.6 is 0 Å². The van der Waals surface area contributed by atoms with Gasteiger partial charge in [-0.25, -0.2) is 0 Å². The number of rotatable bonds is 4. The quantitative estimate of drug-likeness (QED) is 0.721. The lowest BCUT2D eigenvalue weighted by Crippen LogP contribution is -2.13. The fraction of sp³-hybridized carbons (Fsp3) is 0.308. The van der Waals surface area contributed by atoms with Crippen molar-refractivity contribution < 1.29 is 14.7 Å². The number of benzene rings is 1. The Labute approximate surface area is 105 Å². The van der Waals surface area contributed by atoms with E-state index >= 15 is 0 Å². The minimum atomic E-state index is -0.105. The van der Waals surface area contributed by atoms with E-state index in [4.69, 9.17) is 4.52 Å². The molecule has 3 N–H and O–H groups in total. The van der Waals surface area contributed by atoms with Crippen LogP contribution in [0.25, 0.3) is 0 Å². The van der Waals surface area contributed by atoms with Crippen LogP contribution in [0.2, 0.25) is 0 Å². The highest BCUT2D eigenvalue weighted by Gasteiger charge is 2.09. The monoisotopic (exact) mass is 248 g/mol. The molecule has 0 fully saturated rings. The van der Waals surface area contributed by atoms with Gasteiger partial charge in [-0.1, -0.05) is 17.3 Å². The molecule has 0 aliphatic heterocycles. The van der Waals surface area contributed by atoms with Gasteiger partial charge in [0.25, 0.3) is 0 Å². The maximum Gasteiger partial charge on any atom is 0.161 e. The van der Waals surface area contributed by atoms with E-state index in [2.05, 4.69) is 10.5 Å². The third-order valence-electron chi connectivity index (χ3n) is 2.90. The number of phenolic OH excluding ortho intramolecular Hbond substituents is 2. The molecule has 5 nitrogen and oxygen atoms in total. The number of aromatic nitrogens is 1. The molecule has 18 heavy (non-hydrogen) atoms. The highest BCUT2D eigenvalue weighted by molar-refractivity contribution is 5.44. The van der Waals surface area contributed by atoms with Gasteiger partial charge in [-0.05, 0) is 19.9 Å². The molecule has 0 aliphatic carbocycles. The van der Waals surface area contributed by atoms with Crippen molar-refractivity contribution in [3.8, 4) is 11.5 Å². The van der Waals surface area contributed by atoms with Gasteiger partial charge < -0.3 is 20.1 Å². The van der Waals surface area contributed by atoms with Crippen LogP contribution in [-0.4, -0.2) is 15.4 Å². The van der Waals surface area contributed by atoms with Crippen molar-refractivity contribution in [3.63, 3.8) is 0 Å². The number of aryl methyl sites for hydroxylation is 2. The lowest BCUT2D eigenvalue weighted by atomic mass is 10.1. The van der Waals surface area contributed by atoms with Gasteiger partial charge in [0.05, 0.1) is 5.69 Å². The molecule has 2 rings (SSSR count). The number of nitrogens with one attached hydrogen (secondary N) is 1. The summed E-state index contributed by atoms with van der Waals surface area (Å²) in [5.74, 6) is 0.607. The maximum atomic E-state index is 9.64. The normalized spacial score (nSPS) is 10.8. The summed E-state index contributed by atoms with van der Waals surface area (Å²) in [6, 6.07) is 4.91. The Morgan fingerprint density at radius 1 is 1.22 bits per heavy atom.